The van der Waals surface area contributed by atoms with E-state index in [-0.39, 0.29) is 20.3 Å². The molecule has 160 valence electrons. The van der Waals surface area contributed by atoms with Crippen LogP contribution in [0.1, 0.15) is 39.5 Å². The highest BCUT2D eigenvalue weighted by Gasteiger charge is 2.25. The lowest BCUT2D eigenvalue weighted by molar-refractivity contribution is 0.156. The minimum Gasteiger partial charge on any atom is -0.304 e. The Balaban J connectivity index is 2.06. The summed E-state index contributed by atoms with van der Waals surface area (Å²) in [6.07, 6.45) is -0.707. The molecule has 0 atom stereocenters. The van der Waals surface area contributed by atoms with Gasteiger partial charge in [0.15, 0.2) is 0 Å². The van der Waals surface area contributed by atoms with E-state index in [1.807, 2.05) is 0 Å². The average molecular weight is 460 g/mol. The van der Waals surface area contributed by atoms with Crippen LogP contribution < -0.4 is 0 Å². The molecule has 4 rings (SSSR count). The molecule has 2 aromatic carbocycles. The molecule has 0 amide bonds. The van der Waals surface area contributed by atoms with Gasteiger partial charge in [0.05, 0.1) is 15.9 Å². The summed E-state index contributed by atoms with van der Waals surface area (Å²) in [4.78, 5) is -0.758. The second-order valence-corrected chi connectivity index (χ2v) is 9.57. The van der Waals surface area contributed by atoms with Crippen LogP contribution >= 0.6 is 11.8 Å². The van der Waals surface area contributed by atoms with Crippen molar-refractivity contribution >= 4 is 27.4 Å². The molecule has 0 spiro atoms. The first-order chi connectivity index (χ1) is 20.7. The fourth-order valence-electron chi connectivity index (χ4n) is 2.63. The molecule has 0 radical (unpaired) electrons. The number of rotatable bonds is 5. The smallest absolute Gasteiger partial charge is 0.242 e. The Kier molecular flexibility index (Phi) is 2.79. The number of hydrogen-bond acceptors (Lipinski definition) is 5. The van der Waals surface area contributed by atoms with Gasteiger partial charge >= 0.3 is 0 Å². The third-order valence-electron chi connectivity index (χ3n) is 4.19. The van der Waals surface area contributed by atoms with Crippen LogP contribution in [0.3, 0.4) is 0 Å². The van der Waals surface area contributed by atoms with Gasteiger partial charge in [0, 0.05) is 67.4 Å². The van der Waals surface area contributed by atoms with Gasteiger partial charge in [0.2, 0.25) is 10.0 Å². The van der Waals surface area contributed by atoms with Gasteiger partial charge in [-0.05, 0) is 54.3 Å². The lowest BCUT2D eigenvalue weighted by Gasteiger charge is -2.32. The molecule has 0 aromatic heterocycles. The standard InChI is InChI=1S/C23H29N3O2S2/c1-24(2)30(27,28)18-10-11-23-21(17-18)19(20-7-4-5-9-22(20)29-23)8-6-12-26-15-13-25(3)14-16-26/h4-5,7-11,17H,6,12-16H2,1-3H3/b19-8-/i4D,5D,7D,8D,9D,10D,11D,13D2,14D2,15D2,16D2,17D. The first kappa shape index (κ1) is 9.46. The summed E-state index contributed by atoms with van der Waals surface area (Å²) < 4.78 is 163. The van der Waals surface area contributed by atoms with Crippen LogP contribution in [0.15, 0.2) is 63.0 Å². The van der Waals surface area contributed by atoms with Crippen LogP contribution in [-0.4, -0.2) is 76.2 Å². The summed E-state index contributed by atoms with van der Waals surface area (Å²) in [6.45, 7) is -13.4. The van der Waals surface area contributed by atoms with Gasteiger partial charge in [-0.25, -0.2) is 12.7 Å². The molecule has 2 heterocycles. The van der Waals surface area contributed by atoms with Crippen LogP contribution in [0.4, 0.5) is 0 Å². The Bertz CT molecular complexity index is 1770. The molecule has 7 heteroatoms. The molecule has 1 saturated heterocycles. The van der Waals surface area contributed by atoms with Crippen molar-refractivity contribution in [1.29, 1.82) is 0 Å². The van der Waals surface area contributed by atoms with Crippen molar-refractivity contribution in [2.75, 3.05) is 53.7 Å². The highest BCUT2D eigenvalue weighted by atomic mass is 32.2. The van der Waals surface area contributed by atoms with Crippen molar-refractivity contribution in [2.24, 2.45) is 0 Å². The highest BCUT2D eigenvalue weighted by Crippen LogP contribution is 2.46. The largest absolute Gasteiger partial charge is 0.304 e. The van der Waals surface area contributed by atoms with Crippen LogP contribution in [0.2, 0.25) is 0 Å². The van der Waals surface area contributed by atoms with Crippen molar-refractivity contribution in [3.63, 3.8) is 0 Å². The second kappa shape index (κ2) is 8.85. The zero-order valence-electron chi connectivity index (χ0n) is 32.4. The average Bonchev–Trinajstić information content (AvgIpc) is 2.95. The Morgan fingerprint density at radius 1 is 1.13 bits per heavy atom. The van der Waals surface area contributed by atoms with E-state index in [9.17, 15) is 8.42 Å². The van der Waals surface area contributed by atoms with Crippen LogP contribution in [0, 0.1) is 0 Å². The first-order valence-electron chi connectivity index (χ1n) is 16.8. The monoisotopic (exact) mass is 459 g/mol. The third kappa shape index (κ3) is 4.36. The third-order valence-corrected chi connectivity index (χ3v) is 6.90. The fraction of sp³-hybridized carbons (Fsp3) is 0.391. The minimum atomic E-state index is -4.55. The van der Waals surface area contributed by atoms with E-state index in [0.29, 0.717) is 21.0 Å². The highest BCUT2D eigenvalue weighted by molar-refractivity contribution is 7.99. The molecular weight excluding hydrogens is 414 g/mol. The number of likely N-dealkylation sites (N-methyl/N-ethyl adjacent to an activating group) is 1. The molecular formula is C23H29N3O2S2. The first-order valence-corrected chi connectivity index (χ1v) is 11.0. The predicted octanol–water partition coefficient (Wildman–Crippen LogP) is 3.47. The summed E-state index contributed by atoms with van der Waals surface area (Å²) in [7, 11) is -1.38. The van der Waals surface area contributed by atoms with Crippen molar-refractivity contribution in [1.82, 2.24) is 14.1 Å². The predicted molar refractivity (Wildman–Crippen MR) is 124 cm³/mol. The molecule has 0 aliphatic carbocycles. The van der Waals surface area contributed by atoms with E-state index < -0.39 is 113 Å². The molecule has 0 bridgehead atoms. The summed E-state index contributed by atoms with van der Waals surface area (Å²) in [6, 6.07) is -5.67. The SMILES string of the molecule is [2H]/C(CCN1C([2H])([2H])C([2H])([2H])N(C)C([2H])([2H])C1([2H])[2H])=C1\c2c([2H])c([2H])c([2H])c([2H])c2Sc2c([2H])c([2H])c(S(=O)(=O)N(C)C)c([2H])c21. The quantitative estimate of drug-likeness (QED) is 0.585. The maximum atomic E-state index is 13.2. The molecule has 1 fully saturated rings. The normalized spacial score (nSPS) is 33.9. The molecule has 30 heavy (non-hydrogen) atoms. The number of hydrogen-bond donors (Lipinski definition) is 0. The van der Waals surface area contributed by atoms with E-state index in [2.05, 4.69) is 0 Å². The van der Waals surface area contributed by atoms with Crippen LogP contribution in [-0.2, 0) is 10.0 Å². The van der Waals surface area contributed by atoms with Crippen molar-refractivity contribution in [3.8, 4) is 0 Å². The molecule has 0 N–H and O–H groups in total. The van der Waals surface area contributed by atoms with Crippen molar-refractivity contribution in [3.05, 3.63) is 59.5 Å². The maximum Gasteiger partial charge on any atom is 0.242 e. The van der Waals surface area contributed by atoms with E-state index >= 15 is 0 Å². The molecule has 2 aliphatic heterocycles. The lowest BCUT2D eigenvalue weighted by atomic mass is 9.96. The molecule has 2 aliphatic rings. The van der Waals surface area contributed by atoms with Crippen molar-refractivity contribution in [2.45, 2.75) is 21.1 Å². The summed E-state index contributed by atoms with van der Waals surface area (Å²) in [5.74, 6) is 0. The zero-order chi connectivity index (χ0) is 35.4. The van der Waals surface area contributed by atoms with Gasteiger partial charge in [-0.1, -0.05) is 35.9 Å². The van der Waals surface area contributed by atoms with Crippen molar-refractivity contribution < 1.29 is 30.3 Å². The Hall–Kier alpha value is -1.64. The number of nitrogens with zero attached hydrogens (tertiary/aromatic N) is 3. The van der Waals surface area contributed by atoms with E-state index in [1.54, 1.807) is 0 Å². The summed E-state index contributed by atoms with van der Waals surface area (Å²) >= 11 is 0.596. The molecule has 5 nitrogen and oxygen atoms in total. The number of benzene rings is 2. The summed E-state index contributed by atoms with van der Waals surface area (Å²) in [5, 5.41) is 0. The Labute approximate surface area is 206 Å². The zero-order valence-corrected chi connectivity index (χ0v) is 18.0. The molecule has 0 saturated carbocycles. The molecule has 2 aromatic rings. The maximum absolute atomic E-state index is 13.2. The van der Waals surface area contributed by atoms with Gasteiger partial charge in [0.1, 0.15) is 0 Å². The van der Waals surface area contributed by atoms with Crippen LogP contribution in [0.25, 0.3) is 5.57 Å². The minimum absolute atomic E-state index is 0.188. The van der Waals surface area contributed by atoms with E-state index in [4.69, 9.17) is 21.9 Å². The lowest BCUT2D eigenvalue weighted by Crippen LogP contribution is -2.44. The summed E-state index contributed by atoms with van der Waals surface area (Å²) in [5.41, 5.74) is -1.18. The molecule has 0 unspecified atom stereocenters. The fourth-order valence-corrected chi connectivity index (χ4v) is 4.33. The topological polar surface area (TPSA) is 43.9 Å². The second-order valence-electron chi connectivity index (χ2n) is 6.46. The van der Waals surface area contributed by atoms with Crippen LogP contribution in [0.5, 0.6) is 0 Å². The van der Waals surface area contributed by atoms with Gasteiger partial charge < -0.3 is 9.80 Å². The Morgan fingerprint density at radius 2 is 1.83 bits per heavy atom. The van der Waals surface area contributed by atoms with E-state index in [1.165, 1.54) is 0 Å². The van der Waals surface area contributed by atoms with Gasteiger partial charge in [-0.2, -0.15) is 0 Å². The van der Waals surface area contributed by atoms with Gasteiger partial charge in [-0.15, -0.1) is 0 Å². The van der Waals surface area contributed by atoms with Gasteiger partial charge in [0.25, 0.3) is 0 Å². The number of sulfonamides is 1. The Morgan fingerprint density at radius 3 is 2.57 bits per heavy atom. The van der Waals surface area contributed by atoms with E-state index in [0.717, 1.165) is 21.1 Å². The number of piperazine rings is 1. The van der Waals surface area contributed by atoms with Gasteiger partial charge in [-0.3, -0.25) is 0 Å². The number of fused-ring (bicyclic) bond motifs is 2.